The molecule has 3 rings (SSSR count). The number of hydrogen-bond donors (Lipinski definition) is 2. The van der Waals surface area contributed by atoms with Crippen LogP contribution in [-0.2, 0) is 19.1 Å². The number of hydrogen-bond acceptors (Lipinski definition) is 6. The molecule has 1 aliphatic carbocycles. The molecule has 2 fully saturated rings. The third-order valence-electron chi connectivity index (χ3n) is 5.47. The Kier molecular flexibility index (Phi) is 8.09. The molecule has 0 bridgehead atoms. The minimum absolute atomic E-state index is 0.137. The molecular formula is C23H32F2N4O5. The van der Waals surface area contributed by atoms with Crippen molar-refractivity contribution in [1.82, 2.24) is 4.90 Å². The molecule has 2 aliphatic rings. The number of primary amides is 1. The summed E-state index contributed by atoms with van der Waals surface area (Å²) in [7, 11) is 0. The van der Waals surface area contributed by atoms with Crippen molar-refractivity contribution in [3.63, 3.8) is 0 Å². The number of amides is 3. The number of alkyl halides is 2. The van der Waals surface area contributed by atoms with Crippen LogP contribution in [0.25, 0.3) is 0 Å². The Morgan fingerprint density at radius 3 is 2.59 bits per heavy atom. The second-order valence-corrected chi connectivity index (χ2v) is 9.89. The first-order valence-electron chi connectivity index (χ1n) is 11.3. The number of halogens is 2. The fourth-order valence-electron chi connectivity index (χ4n) is 3.97. The van der Waals surface area contributed by atoms with Gasteiger partial charge in [-0.15, -0.1) is 0 Å². The van der Waals surface area contributed by atoms with Gasteiger partial charge in [0.2, 0.25) is 5.91 Å². The van der Waals surface area contributed by atoms with Crippen molar-refractivity contribution in [3.05, 3.63) is 18.2 Å². The van der Waals surface area contributed by atoms with Gasteiger partial charge in [-0.2, -0.15) is 8.78 Å². The topological polar surface area (TPSA) is 114 Å². The summed E-state index contributed by atoms with van der Waals surface area (Å²) >= 11 is 0. The van der Waals surface area contributed by atoms with E-state index in [2.05, 4.69) is 10.1 Å². The summed E-state index contributed by atoms with van der Waals surface area (Å²) in [5.74, 6) is -1.71. The molecule has 11 heteroatoms. The van der Waals surface area contributed by atoms with E-state index >= 15 is 0 Å². The summed E-state index contributed by atoms with van der Waals surface area (Å²) in [6.45, 7) is 4.17. The minimum Gasteiger partial charge on any atom is -0.433 e. The van der Waals surface area contributed by atoms with Gasteiger partial charge in [0.25, 0.3) is 11.8 Å². The zero-order chi connectivity index (χ0) is 25.0. The first-order chi connectivity index (χ1) is 15.9. The van der Waals surface area contributed by atoms with Crippen molar-refractivity contribution < 1.29 is 32.6 Å². The number of carbonyl (C=O) groups excluding carboxylic acids is 3. The SMILES string of the molecule is CC(C)(C)CN(CC1CC1)[C@H](C(N)=O)C(=O)Nc1ccc(N2CCOCC2=O)c(OC(F)F)c1. The maximum atomic E-state index is 13.1. The largest absolute Gasteiger partial charge is 0.433 e. The number of ether oxygens (including phenoxy) is 2. The van der Waals surface area contributed by atoms with E-state index < -0.39 is 30.4 Å². The highest BCUT2D eigenvalue weighted by atomic mass is 19.3. The summed E-state index contributed by atoms with van der Waals surface area (Å²) in [5.41, 5.74) is 5.71. The van der Waals surface area contributed by atoms with Gasteiger partial charge >= 0.3 is 6.61 Å². The highest BCUT2D eigenvalue weighted by Gasteiger charge is 2.37. The van der Waals surface area contributed by atoms with Crippen LogP contribution in [0, 0.1) is 11.3 Å². The van der Waals surface area contributed by atoms with Crippen molar-refractivity contribution >= 4 is 29.1 Å². The highest BCUT2D eigenvalue weighted by molar-refractivity contribution is 6.09. The van der Waals surface area contributed by atoms with Crippen molar-refractivity contribution in [3.8, 4) is 5.75 Å². The number of morpholine rings is 1. The lowest BCUT2D eigenvalue weighted by atomic mass is 9.94. The molecule has 0 spiro atoms. The van der Waals surface area contributed by atoms with Crippen LogP contribution in [0.2, 0.25) is 0 Å². The molecular weight excluding hydrogens is 450 g/mol. The summed E-state index contributed by atoms with van der Waals surface area (Å²) in [6.07, 6.45) is 2.06. The minimum atomic E-state index is -3.14. The van der Waals surface area contributed by atoms with Gasteiger partial charge in [-0.05, 0) is 36.3 Å². The molecule has 188 valence electrons. The van der Waals surface area contributed by atoms with Crippen LogP contribution in [0.15, 0.2) is 18.2 Å². The Bertz CT molecular complexity index is 917. The maximum Gasteiger partial charge on any atom is 0.387 e. The van der Waals surface area contributed by atoms with Crippen LogP contribution >= 0.6 is 0 Å². The number of nitrogens with two attached hydrogens (primary N) is 1. The number of carbonyl (C=O) groups is 3. The molecule has 1 saturated carbocycles. The van der Waals surface area contributed by atoms with Crippen LogP contribution in [-0.4, -0.2) is 68.1 Å². The Morgan fingerprint density at radius 2 is 2.03 bits per heavy atom. The standard InChI is InChI=1S/C23H32F2N4O5/c1-23(2,3)13-28(11-14-4-5-14)19(20(26)31)21(32)27-15-6-7-16(17(10-15)34-22(24)25)29-8-9-33-12-18(29)30/h6-7,10,14,19,22H,4-5,8-9,11-13H2,1-3H3,(H2,26,31)(H,27,32)/t19-/m1/s1. The van der Waals surface area contributed by atoms with Crippen molar-refractivity contribution in [2.75, 3.05) is 43.1 Å². The van der Waals surface area contributed by atoms with E-state index in [0.29, 0.717) is 19.0 Å². The molecule has 3 N–H and O–H groups in total. The maximum absolute atomic E-state index is 13.1. The molecule has 3 amide bonds. The molecule has 34 heavy (non-hydrogen) atoms. The molecule has 1 aliphatic heterocycles. The summed E-state index contributed by atoms with van der Waals surface area (Å²) < 4.78 is 35.9. The van der Waals surface area contributed by atoms with Crippen LogP contribution in [0.5, 0.6) is 5.75 Å². The molecule has 0 aromatic heterocycles. The van der Waals surface area contributed by atoms with E-state index in [-0.39, 0.29) is 42.3 Å². The van der Waals surface area contributed by atoms with Gasteiger partial charge in [0.1, 0.15) is 6.61 Å². The predicted molar refractivity (Wildman–Crippen MR) is 122 cm³/mol. The van der Waals surface area contributed by atoms with Gasteiger partial charge < -0.3 is 25.4 Å². The molecule has 1 saturated heterocycles. The lowest BCUT2D eigenvalue weighted by Gasteiger charge is -2.34. The number of nitrogens with zero attached hydrogens (tertiary/aromatic N) is 2. The van der Waals surface area contributed by atoms with E-state index in [1.165, 1.54) is 23.1 Å². The van der Waals surface area contributed by atoms with E-state index in [0.717, 1.165) is 12.8 Å². The van der Waals surface area contributed by atoms with Crippen LogP contribution in [0.3, 0.4) is 0 Å². The zero-order valence-corrected chi connectivity index (χ0v) is 19.7. The van der Waals surface area contributed by atoms with E-state index in [4.69, 9.17) is 10.5 Å². The molecule has 1 atom stereocenters. The van der Waals surface area contributed by atoms with Gasteiger partial charge in [0.05, 0.1) is 12.3 Å². The average molecular weight is 483 g/mol. The molecule has 1 heterocycles. The van der Waals surface area contributed by atoms with Gasteiger partial charge in [-0.1, -0.05) is 20.8 Å². The normalized spacial score (nSPS) is 17.7. The lowest BCUT2D eigenvalue weighted by molar-refractivity contribution is -0.133. The summed E-state index contributed by atoms with van der Waals surface area (Å²) in [5, 5.41) is 2.60. The van der Waals surface area contributed by atoms with Crippen LogP contribution < -0.4 is 20.7 Å². The van der Waals surface area contributed by atoms with E-state index in [1.54, 1.807) is 4.90 Å². The van der Waals surface area contributed by atoms with Crippen LogP contribution in [0.4, 0.5) is 20.2 Å². The van der Waals surface area contributed by atoms with Gasteiger partial charge in [-0.3, -0.25) is 19.3 Å². The van der Waals surface area contributed by atoms with Gasteiger partial charge in [-0.25, -0.2) is 0 Å². The van der Waals surface area contributed by atoms with Crippen molar-refractivity contribution in [2.24, 2.45) is 17.1 Å². The Hall–Kier alpha value is -2.79. The molecule has 9 nitrogen and oxygen atoms in total. The third kappa shape index (κ3) is 7.10. The zero-order valence-electron chi connectivity index (χ0n) is 19.7. The average Bonchev–Trinajstić information content (AvgIpc) is 3.51. The molecule has 0 radical (unpaired) electrons. The van der Waals surface area contributed by atoms with Gasteiger partial charge in [0.15, 0.2) is 11.8 Å². The fraction of sp³-hybridized carbons (Fsp3) is 0.609. The summed E-state index contributed by atoms with van der Waals surface area (Å²) in [6, 6.07) is 2.85. The number of rotatable bonds is 10. The first-order valence-corrected chi connectivity index (χ1v) is 11.3. The Labute approximate surface area is 197 Å². The monoisotopic (exact) mass is 482 g/mol. The second kappa shape index (κ2) is 10.6. The van der Waals surface area contributed by atoms with Gasteiger partial charge in [0, 0.05) is 31.4 Å². The Morgan fingerprint density at radius 1 is 1.32 bits per heavy atom. The van der Waals surface area contributed by atoms with Crippen molar-refractivity contribution in [1.29, 1.82) is 0 Å². The lowest BCUT2D eigenvalue weighted by Crippen LogP contribution is -2.54. The second-order valence-electron chi connectivity index (χ2n) is 9.89. The smallest absolute Gasteiger partial charge is 0.387 e. The molecule has 0 unspecified atom stereocenters. The quantitative estimate of drug-likeness (QED) is 0.494. The van der Waals surface area contributed by atoms with Crippen molar-refractivity contribution in [2.45, 2.75) is 46.3 Å². The Balaban J connectivity index is 1.84. The highest BCUT2D eigenvalue weighted by Crippen LogP contribution is 2.34. The third-order valence-corrected chi connectivity index (χ3v) is 5.47. The number of benzene rings is 1. The number of anilines is 2. The number of nitrogens with one attached hydrogen (secondary N) is 1. The fourth-order valence-corrected chi connectivity index (χ4v) is 3.97. The van der Waals surface area contributed by atoms with E-state index in [1.807, 2.05) is 20.8 Å². The molecule has 1 aromatic carbocycles. The predicted octanol–water partition coefficient (Wildman–Crippen LogP) is 2.20. The van der Waals surface area contributed by atoms with Crippen LogP contribution in [0.1, 0.15) is 33.6 Å². The summed E-state index contributed by atoms with van der Waals surface area (Å²) in [4.78, 5) is 40.7. The first kappa shape index (κ1) is 25.8. The molecule has 1 aromatic rings. The van der Waals surface area contributed by atoms with E-state index in [9.17, 15) is 23.2 Å².